The molecule has 0 bridgehead atoms. The maximum absolute atomic E-state index is 3.77. The second-order valence-corrected chi connectivity index (χ2v) is 4.58. The number of rotatable bonds is 1. The lowest BCUT2D eigenvalue weighted by atomic mass is 9.99. The van der Waals surface area contributed by atoms with Crippen LogP contribution < -0.4 is 0 Å². The molecule has 1 atom stereocenters. The highest BCUT2D eigenvalue weighted by Gasteiger charge is 2.27. The van der Waals surface area contributed by atoms with E-state index in [1.807, 2.05) is 0 Å². The monoisotopic (exact) mass is 222 g/mol. The Balaban J connectivity index is 2.36. The Kier molecular flexibility index (Phi) is 2.05. The van der Waals surface area contributed by atoms with Crippen molar-refractivity contribution in [3.8, 4) is 0 Å². The minimum Gasteiger partial charge on any atom is -0.0867 e. The van der Waals surface area contributed by atoms with Crippen molar-refractivity contribution in [1.29, 1.82) is 0 Å². The van der Waals surface area contributed by atoms with E-state index in [9.17, 15) is 0 Å². The molecule has 0 aliphatic heterocycles. The summed E-state index contributed by atoms with van der Waals surface area (Å²) in [6.45, 7) is 0. The van der Waals surface area contributed by atoms with Crippen molar-refractivity contribution in [2.45, 2.75) is 17.2 Å². The van der Waals surface area contributed by atoms with E-state index in [2.05, 4.69) is 58.4 Å². The first kappa shape index (κ1) is 8.06. The molecule has 12 heavy (non-hydrogen) atoms. The van der Waals surface area contributed by atoms with Crippen LogP contribution in [0.4, 0.5) is 0 Å². The zero-order chi connectivity index (χ0) is 8.44. The van der Waals surface area contributed by atoms with E-state index in [4.69, 9.17) is 0 Å². The predicted molar refractivity (Wildman–Crippen MR) is 55.4 cm³/mol. The molecule has 1 heteroatoms. The van der Waals surface area contributed by atoms with E-state index in [-0.39, 0.29) is 4.32 Å². The van der Waals surface area contributed by atoms with Gasteiger partial charge in [0.05, 0.1) is 4.32 Å². The van der Waals surface area contributed by atoms with Crippen LogP contribution in [0.15, 0.2) is 42.5 Å². The summed E-state index contributed by atoms with van der Waals surface area (Å²) >= 11 is 3.77. The second-order valence-electron chi connectivity index (χ2n) is 3.17. The average Bonchev–Trinajstić information content (AvgIpc) is 2.55. The van der Waals surface area contributed by atoms with Gasteiger partial charge in [0, 0.05) is 0 Å². The number of alkyl halides is 1. The van der Waals surface area contributed by atoms with Crippen LogP contribution in [0.2, 0.25) is 0 Å². The van der Waals surface area contributed by atoms with Gasteiger partial charge in [-0.25, -0.2) is 0 Å². The molecule has 1 unspecified atom stereocenters. The minimum absolute atomic E-state index is 0.119. The fraction of sp³-hybridized carbons (Fsp3) is 0.273. The molecular formula is C11H11Br. The molecule has 0 saturated carbocycles. The van der Waals surface area contributed by atoms with Gasteiger partial charge in [-0.2, -0.15) is 0 Å². The standard InChI is InChI=1S/C11H11Br/c12-11(8-4-5-9-11)10-6-2-1-3-7-10/h1-4,6-8H,5,9H2. The highest BCUT2D eigenvalue weighted by Crippen LogP contribution is 2.41. The van der Waals surface area contributed by atoms with E-state index in [1.54, 1.807) is 0 Å². The lowest BCUT2D eigenvalue weighted by Crippen LogP contribution is -2.10. The topological polar surface area (TPSA) is 0 Å². The molecule has 0 fully saturated rings. The van der Waals surface area contributed by atoms with Gasteiger partial charge in [0.2, 0.25) is 0 Å². The van der Waals surface area contributed by atoms with Crippen LogP contribution in [0.25, 0.3) is 0 Å². The summed E-state index contributed by atoms with van der Waals surface area (Å²) < 4.78 is 0.119. The zero-order valence-corrected chi connectivity index (χ0v) is 8.42. The molecule has 0 spiro atoms. The fourth-order valence-corrected chi connectivity index (χ4v) is 2.28. The van der Waals surface area contributed by atoms with Crippen LogP contribution >= 0.6 is 15.9 Å². The molecule has 0 heterocycles. The van der Waals surface area contributed by atoms with E-state index >= 15 is 0 Å². The van der Waals surface area contributed by atoms with Crippen LogP contribution in [0.1, 0.15) is 18.4 Å². The van der Waals surface area contributed by atoms with Crippen LogP contribution in [0, 0.1) is 0 Å². The number of hydrogen-bond acceptors (Lipinski definition) is 0. The van der Waals surface area contributed by atoms with Crippen molar-refractivity contribution in [2.24, 2.45) is 0 Å². The summed E-state index contributed by atoms with van der Waals surface area (Å²) in [5, 5.41) is 0. The Morgan fingerprint density at radius 2 is 1.92 bits per heavy atom. The first-order valence-corrected chi connectivity index (χ1v) is 5.03. The molecule has 0 nitrogen and oxygen atoms in total. The number of halogens is 1. The van der Waals surface area contributed by atoms with Crippen molar-refractivity contribution >= 4 is 15.9 Å². The molecule has 0 N–H and O–H groups in total. The molecule has 0 amide bonds. The van der Waals surface area contributed by atoms with Gasteiger partial charge in [0.15, 0.2) is 0 Å². The quantitative estimate of drug-likeness (QED) is 0.503. The smallest absolute Gasteiger partial charge is 0.0688 e. The molecule has 1 aliphatic rings. The number of hydrogen-bond donors (Lipinski definition) is 0. The van der Waals surface area contributed by atoms with E-state index < -0.39 is 0 Å². The van der Waals surface area contributed by atoms with Crippen molar-refractivity contribution in [2.75, 3.05) is 0 Å². The van der Waals surface area contributed by atoms with Crippen LogP contribution in [0.3, 0.4) is 0 Å². The predicted octanol–water partition coefficient (Wildman–Crippen LogP) is 3.63. The highest BCUT2D eigenvalue weighted by atomic mass is 79.9. The molecule has 0 saturated heterocycles. The first-order valence-electron chi connectivity index (χ1n) is 4.23. The molecule has 62 valence electrons. The Bertz CT molecular complexity index is 289. The third-order valence-corrected chi connectivity index (χ3v) is 3.43. The van der Waals surface area contributed by atoms with Gasteiger partial charge in [0.1, 0.15) is 0 Å². The normalized spacial score (nSPS) is 27.8. The SMILES string of the molecule is BrC1(c2ccccc2)C=CCC1. The van der Waals surface area contributed by atoms with Crippen molar-refractivity contribution in [3.05, 3.63) is 48.0 Å². The zero-order valence-electron chi connectivity index (χ0n) is 6.83. The van der Waals surface area contributed by atoms with E-state index in [1.165, 1.54) is 18.4 Å². The highest BCUT2D eigenvalue weighted by molar-refractivity contribution is 9.09. The summed E-state index contributed by atoms with van der Waals surface area (Å²) in [6.07, 6.45) is 6.85. The molecule has 2 rings (SSSR count). The summed E-state index contributed by atoms with van der Waals surface area (Å²) in [5.41, 5.74) is 1.36. The largest absolute Gasteiger partial charge is 0.0867 e. The van der Waals surface area contributed by atoms with Crippen molar-refractivity contribution in [1.82, 2.24) is 0 Å². The Morgan fingerprint density at radius 3 is 2.50 bits per heavy atom. The molecular weight excluding hydrogens is 212 g/mol. The molecule has 1 aromatic carbocycles. The maximum atomic E-state index is 3.77. The molecule has 0 aromatic heterocycles. The van der Waals surface area contributed by atoms with Gasteiger partial charge >= 0.3 is 0 Å². The van der Waals surface area contributed by atoms with E-state index in [0.717, 1.165) is 0 Å². The molecule has 1 aliphatic carbocycles. The minimum atomic E-state index is 0.119. The lowest BCUT2D eigenvalue weighted by Gasteiger charge is -2.19. The van der Waals surface area contributed by atoms with Gasteiger partial charge in [0.25, 0.3) is 0 Å². The summed E-state index contributed by atoms with van der Waals surface area (Å²) in [6, 6.07) is 10.6. The number of benzene rings is 1. The van der Waals surface area contributed by atoms with Crippen molar-refractivity contribution in [3.63, 3.8) is 0 Å². The van der Waals surface area contributed by atoms with Gasteiger partial charge in [-0.05, 0) is 18.4 Å². The van der Waals surface area contributed by atoms with Gasteiger partial charge in [-0.15, -0.1) is 0 Å². The Morgan fingerprint density at radius 1 is 1.17 bits per heavy atom. The first-order chi connectivity index (χ1) is 5.81. The third kappa shape index (κ3) is 1.34. The average molecular weight is 223 g/mol. The summed E-state index contributed by atoms with van der Waals surface area (Å²) in [4.78, 5) is 0. The van der Waals surface area contributed by atoms with Crippen LogP contribution in [-0.4, -0.2) is 0 Å². The lowest BCUT2D eigenvalue weighted by molar-refractivity contribution is 0.754. The fourth-order valence-electron chi connectivity index (χ4n) is 1.60. The van der Waals surface area contributed by atoms with Gasteiger partial charge < -0.3 is 0 Å². The Hall–Kier alpha value is -0.560. The van der Waals surface area contributed by atoms with Gasteiger partial charge in [-0.1, -0.05) is 58.4 Å². The third-order valence-electron chi connectivity index (χ3n) is 2.31. The molecule has 0 radical (unpaired) electrons. The number of allylic oxidation sites excluding steroid dienone is 2. The van der Waals surface area contributed by atoms with Gasteiger partial charge in [-0.3, -0.25) is 0 Å². The van der Waals surface area contributed by atoms with Crippen molar-refractivity contribution < 1.29 is 0 Å². The van der Waals surface area contributed by atoms with Crippen LogP contribution in [0.5, 0.6) is 0 Å². The molecule has 1 aromatic rings. The maximum Gasteiger partial charge on any atom is 0.0688 e. The summed E-state index contributed by atoms with van der Waals surface area (Å²) in [5.74, 6) is 0. The Labute approximate surface area is 81.4 Å². The van der Waals surface area contributed by atoms with Crippen LogP contribution in [-0.2, 0) is 4.32 Å². The second kappa shape index (κ2) is 3.06. The van der Waals surface area contributed by atoms with E-state index in [0.29, 0.717) is 0 Å². The summed E-state index contributed by atoms with van der Waals surface area (Å²) in [7, 11) is 0.